The Morgan fingerprint density at radius 2 is 2.29 bits per heavy atom. The zero-order valence-electron chi connectivity index (χ0n) is 9.07. The molecule has 1 aromatic rings. The lowest BCUT2D eigenvalue weighted by Crippen LogP contribution is -2.23. The van der Waals surface area contributed by atoms with Crippen LogP contribution in [-0.4, -0.2) is 22.8 Å². The first kappa shape index (κ1) is 11.2. The topological polar surface area (TPSA) is 33.2 Å². The van der Waals surface area contributed by atoms with Crippen LogP contribution in [0.1, 0.15) is 37.4 Å². The maximum absolute atomic E-state index is 11.0. The van der Waals surface area contributed by atoms with E-state index in [1.54, 1.807) is 30.2 Å². The minimum atomic E-state index is 0.0732. The van der Waals surface area contributed by atoms with Crippen LogP contribution in [-0.2, 0) is 11.3 Å². The van der Waals surface area contributed by atoms with Crippen LogP contribution in [0.2, 0.25) is 0 Å². The molecule has 0 atom stereocenters. The molecular weight excluding hydrogens is 196 g/mol. The molecule has 3 nitrogen and oxygen atoms in total. The van der Waals surface area contributed by atoms with Gasteiger partial charge in [0.2, 0.25) is 5.91 Å². The highest BCUT2D eigenvalue weighted by Gasteiger charge is 2.08. The van der Waals surface area contributed by atoms with E-state index in [1.165, 1.54) is 0 Å². The lowest BCUT2D eigenvalue weighted by Gasteiger charge is -2.12. The molecule has 0 bridgehead atoms. The number of carbonyl (C=O) groups is 1. The van der Waals surface area contributed by atoms with Gasteiger partial charge in [-0.25, -0.2) is 4.98 Å². The second-order valence-corrected chi connectivity index (χ2v) is 4.60. The van der Waals surface area contributed by atoms with Crippen LogP contribution in [0.5, 0.6) is 0 Å². The van der Waals surface area contributed by atoms with Gasteiger partial charge in [-0.05, 0) is 0 Å². The van der Waals surface area contributed by atoms with E-state index < -0.39 is 0 Å². The van der Waals surface area contributed by atoms with E-state index in [2.05, 4.69) is 18.8 Å². The second-order valence-electron chi connectivity index (χ2n) is 3.71. The highest BCUT2D eigenvalue weighted by Crippen LogP contribution is 2.19. The Balaban J connectivity index is 2.64. The Bertz CT molecular complexity index is 320. The summed E-state index contributed by atoms with van der Waals surface area (Å²) >= 11 is 1.66. The van der Waals surface area contributed by atoms with Crippen molar-refractivity contribution in [3.8, 4) is 0 Å². The molecule has 14 heavy (non-hydrogen) atoms. The molecule has 0 aromatic carbocycles. The van der Waals surface area contributed by atoms with Crippen LogP contribution in [0.4, 0.5) is 0 Å². The van der Waals surface area contributed by atoms with Gasteiger partial charge in [0.15, 0.2) is 0 Å². The van der Waals surface area contributed by atoms with E-state index in [-0.39, 0.29) is 5.91 Å². The van der Waals surface area contributed by atoms with Gasteiger partial charge in [0.1, 0.15) is 0 Å². The van der Waals surface area contributed by atoms with Gasteiger partial charge in [0, 0.05) is 25.3 Å². The third-order valence-electron chi connectivity index (χ3n) is 2.00. The summed E-state index contributed by atoms with van der Waals surface area (Å²) in [6.07, 6.45) is 0. The highest BCUT2D eigenvalue weighted by molar-refractivity contribution is 7.09. The Morgan fingerprint density at radius 1 is 1.64 bits per heavy atom. The number of rotatable bonds is 3. The van der Waals surface area contributed by atoms with E-state index in [0.29, 0.717) is 12.5 Å². The Hall–Kier alpha value is -0.900. The van der Waals surface area contributed by atoms with E-state index in [0.717, 1.165) is 10.7 Å². The molecule has 0 saturated carbocycles. The van der Waals surface area contributed by atoms with Crippen LogP contribution in [0.3, 0.4) is 0 Å². The van der Waals surface area contributed by atoms with Gasteiger partial charge < -0.3 is 4.90 Å². The smallest absolute Gasteiger partial charge is 0.219 e. The molecule has 78 valence electrons. The molecule has 4 heteroatoms. The molecule has 0 fully saturated rings. The zero-order valence-corrected chi connectivity index (χ0v) is 9.89. The van der Waals surface area contributed by atoms with Crippen molar-refractivity contribution in [3.05, 3.63) is 16.1 Å². The summed E-state index contributed by atoms with van der Waals surface area (Å²) in [4.78, 5) is 17.1. The van der Waals surface area contributed by atoms with Crippen molar-refractivity contribution in [3.63, 3.8) is 0 Å². The predicted octanol–water partition coefficient (Wildman–Crippen LogP) is 2.24. The van der Waals surface area contributed by atoms with E-state index in [4.69, 9.17) is 0 Å². The molecule has 0 N–H and O–H groups in total. The van der Waals surface area contributed by atoms with Gasteiger partial charge >= 0.3 is 0 Å². The SMILES string of the molecule is CC(=O)N(C)Cc1csc(C(C)C)n1. The van der Waals surface area contributed by atoms with Crippen molar-refractivity contribution in [2.24, 2.45) is 0 Å². The summed E-state index contributed by atoms with van der Waals surface area (Å²) in [7, 11) is 1.79. The molecule has 0 aliphatic heterocycles. The Kier molecular flexibility index (Phi) is 3.63. The largest absolute Gasteiger partial charge is 0.340 e. The fourth-order valence-electron chi connectivity index (χ4n) is 1.01. The standard InChI is InChI=1S/C10H16N2OS/c1-7(2)10-11-9(6-14-10)5-12(4)8(3)13/h6-7H,5H2,1-4H3. The average Bonchev–Trinajstić information content (AvgIpc) is 2.52. The van der Waals surface area contributed by atoms with Gasteiger partial charge in [0.25, 0.3) is 0 Å². The number of aromatic nitrogens is 1. The first-order chi connectivity index (χ1) is 6.50. The molecule has 0 aliphatic rings. The summed E-state index contributed by atoms with van der Waals surface area (Å²) in [6, 6.07) is 0. The second kappa shape index (κ2) is 4.55. The van der Waals surface area contributed by atoms with Crippen molar-refractivity contribution in [1.29, 1.82) is 0 Å². The summed E-state index contributed by atoms with van der Waals surface area (Å²) in [5.41, 5.74) is 0.983. The van der Waals surface area contributed by atoms with Crippen LogP contribution in [0.25, 0.3) is 0 Å². The van der Waals surface area contributed by atoms with Crippen molar-refractivity contribution >= 4 is 17.2 Å². The monoisotopic (exact) mass is 212 g/mol. The Labute approximate surface area is 88.8 Å². The maximum atomic E-state index is 11.0. The third-order valence-corrected chi connectivity index (χ3v) is 3.19. The summed E-state index contributed by atoms with van der Waals surface area (Å²) in [5.74, 6) is 0.542. The number of amides is 1. The van der Waals surface area contributed by atoms with Crippen molar-refractivity contribution < 1.29 is 4.79 Å². The Morgan fingerprint density at radius 3 is 2.71 bits per heavy atom. The van der Waals surface area contributed by atoms with Gasteiger partial charge in [-0.3, -0.25) is 4.79 Å². The first-order valence-corrected chi connectivity index (χ1v) is 5.54. The zero-order chi connectivity index (χ0) is 10.7. The van der Waals surface area contributed by atoms with Crippen LogP contribution >= 0.6 is 11.3 Å². The number of nitrogens with zero attached hydrogens (tertiary/aromatic N) is 2. The average molecular weight is 212 g/mol. The predicted molar refractivity (Wildman–Crippen MR) is 58.4 cm³/mol. The number of hydrogen-bond acceptors (Lipinski definition) is 3. The van der Waals surface area contributed by atoms with Crippen molar-refractivity contribution in [2.75, 3.05) is 7.05 Å². The van der Waals surface area contributed by atoms with Gasteiger partial charge in [-0.2, -0.15) is 0 Å². The molecule has 0 unspecified atom stereocenters. The summed E-state index contributed by atoms with van der Waals surface area (Å²) in [5, 5.41) is 3.16. The van der Waals surface area contributed by atoms with Gasteiger partial charge in [-0.1, -0.05) is 13.8 Å². The molecule has 1 heterocycles. The van der Waals surface area contributed by atoms with Crippen molar-refractivity contribution in [1.82, 2.24) is 9.88 Å². The van der Waals surface area contributed by atoms with Gasteiger partial charge in [-0.15, -0.1) is 11.3 Å². The molecule has 0 saturated heterocycles. The molecule has 1 aromatic heterocycles. The lowest BCUT2D eigenvalue weighted by molar-refractivity contribution is -0.128. The number of carbonyl (C=O) groups excluding carboxylic acids is 1. The fraction of sp³-hybridized carbons (Fsp3) is 0.600. The van der Waals surface area contributed by atoms with E-state index >= 15 is 0 Å². The molecule has 1 rings (SSSR count). The highest BCUT2D eigenvalue weighted by atomic mass is 32.1. The molecule has 0 spiro atoms. The van der Waals surface area contributed by atoms with Crippen LogP contribution in [0.15, 0.2) is 5.38 Å². The third kappa shape index (κ3) is 2.80. The summed E-state index contributed by atoms with van der Waals surface area (Å²) < 4.78 is 0. The fourth-order valence-corrected chi connectivity index (χ4v) is 1.84. The van der Waals surface area contributed by atoms with Crippen LogP contribution < -0.4 is 0 Å². The molecule has 0 radical (unpaired) electrons. The van der Waals surface area contributed by atoms with Crippen LogP contribution in [0, 0.1) is 0 Å². The molecule has 1 amide bonds. The van der Waals surface area contributed by atoms with E-state index in [1.807, 2.05) is 5.38 Å². The molecule has 0 aliphatic carbocycles. The van der Waals surface area contributed by atoms with Gasteiger partial charge in [0.05, 0.1) is 17.2 Å². The number of hydrogen-bond donors (Lipinski definition) is 0. The van der Waals surface area contributed by atoms with E-state index in [9.17, 15) is 4.79 Å². The number of thiazole rings is 1. The minimum absolute atomic E-state index is 0.0732. The first-order valence-electron chi connectivity index (χ1n) is 4.66. The quantitative estimate of drug-likeness (QED) is 0.770. The minimum Gasteiger partial charge on any atom is -0.340 e. The maximum Gasteiger partial charge on any atom is 0.219 e. The lowest BCUT2D eigenvalue weighted by atomic mass is 10.2. The van der Waals surface area contributed by atoms with Crippen molar-refractivity contribution in [2.45, 2.75) is 33.2 Å². The molecular formula is C10H16N2OS. The normalized spacial score (nSPS) is 10.6. The summed E-state index contributed by atoms with van der Waals surface area (Å²) in [6.45, 7) is 6.42.